The summed E-state index contributed by atoms with van der Waals surface area (Å²) in [6.45, 7) is 11.7. The predicted molar refractivity (Wildman–Crippen MR) is 93.7 cm³/mol. The highest BCUT2D eigenvalue weighted by atomic mass is 16.5. The van der Waals surface area contributed by atoms with E-state index in [1.54, 1.807) is 6.07 Å². The summed E-state index contributed by atoms with van der Waals surface area (Å²) in [6.07, 6.45) is 5.19. The molecule has 0 aliphatic heterocycles. The average Bonchev–Trinajstić information content (AvgIpc) is 3.01. The number of unbranched alkanes of at least 4 members (excludes halogenated alkanes) is 1. The molecule has 0 radical (unpaired) electrons. The van der Waals surface area contributed by atoms with Crippen molar-refractivity contribution in [2.75, 3.05) is 13.6 Å². The Morgan fingerprint density at radius 3 is 2.61 bits per heavy atom. The maximum absolute atomic E-state index is 12.4. The van der Waals surface area contributed by atoms with Crippen LogP contribution in [0.2, 0.25) is 0 Å². The SMILES string of the molecule is CCCCN(C)C(C)(CCC)C(C)NC(=O)c1cc(CC)on1. The van der Waals surface area contributed by atoms with Gasteiger partial charge in [0.05, 0.1) is 0 Å². The molecule has 0 aliphatic carbocycles. The van der Waals surface area contributed by atoms with Gasteiger partial charge in [-0.1, -0.05) is 38.8 Å². The quantitative estimate of drug-likeness (QED) is 0.714. The van der Waals surface area contributed by atoms with Gasteiger partial charge in [0.1, 0.15) is 5.76 Å². The molecule has 23 heavy (non-hydrogen) atoms. The second-order valence-electron chi connectivity index (χ2n) is 6.61. The number of hydrogen-bond acceptors (Lipinski definition) is 4. The van der Waals surface area contributed by atoms with Crippen LogP contribution in [0, 0.1) is 0 Å². The summed E-state index contributed by atoms with van der Waals surface area (Å²) < 4.78 is 5.13. The van der Waals surface area contributed by atoms with Gasteiger partial charge in [0.2, 0.25) is 0 Å². The Morgan fingerprint density at radius 2 is 2.09 bits per heavy atom. The van der Waals surface area contributed by atoms with Gasteiger partial charge in [-0.2, -0.15) is 0 Å². The molecule has 1 N–H and O–H groups in total. The van der Waals surface area contributed by atoms with E-state index in [4.69, 9.17) is 4.52 Å². The van der Waals surface area contributed by atoms with Crippen LogP contribution in [-0.2, 0) is 6.42 Å². The van der Waals surface area contributed by atoms with Crippen molar-refractivity contribution < 1.29 is 9.32 Å². The third-order valence-electron chi connectivity index (χ3n) is 4.90. The summed E-state index contributed by atoms with van der Waals surface area (Å²) in [5, 5.41) is 6.98. The van der Waals surface area contributed by atoms with Crippen molar-refractivity contribution in [3.63, 3.8) is 0 Å². The van der Waals surface area contributed by atoms with Gasteiger partial charge in [-0.25, -0.2) is 0 Å². The number of likely N-dealkylation sites (N-methyl/N-ethyl adjacent to an activating group) is 1. The third kappa shape index (κ3) is 5.06. The minimum atomic E-state index is -0.160. The van der Waals surface area contributed by atoms with E-state index < -0.39 is 0 Å². The van der Waals surface area contributed by atoms with E-state index in [1.807, 2.05) is 6.92 Å². The van der Waals surface area contributed by atoms with Crippen LogP contribution in [-0.4, -0.2) is 41.1 Å². The Kier molecular flexibility index (Phi) is 7.76. The zero-order chi connectivity index (χ0) is 17.5. The Morgan fingerprint density at radius 1 is 1.39 bits per heavy atom. The second kappa shape index (κ2) is 9.06. The lowest BCUT2D eigenvalue weighted by atomic mass is 9.86. The fourth-order valence-corrected chi connectivity index (χ4v) is 2.91. The Balaban J connectivity index is 2.79. The van der Waals surface area contributed by atoms with E-state index in [0.717, 1.165) is 31.6 Å². The zero-order valence-corrected chi connectivity index (χ0v) is 15.6. The van der Waals surface area contributed by atoms with E-state index in [-0.39, 0.29) is 17.5 Å². The van der Waals surface area contributed by atoms with Crippen LogP contribution < -0.4 is 5.32 Å². The molecule has 2 atom stereocenters. The maximum atomic E-state index is 12.4. The van der Waals surface area contributed by atoms with Gasteiger partial charge < -0.3 is 9.84 Å². The molecule has 1 aromatic rings. The van der Waals surface area contributed by atoms with Crippen molar-refractivity contribution in [3.8, 4) is 0 Å². The topological polar surface area (TPSA) is 58.4 Å². The lowest BCUT2D eigenvalue weighted by molar-refractivity contribution is 0.0700. The van der Waals surface area contributed by atoms with Crippen molar-refractivity contribution >= 4 is 5.91 Å². The van der Waals surface area contributed by atoms with Crippen molar-refractivity contribution in [2.24, 2.45) is 0 Å². The first-order chi connectivity index (χ1) is 10.9. The summed E-state index contributed by atoms with van der Waals surface area (Å²) in [6, 6.07) is 1.75. The number of rotatable bonds is 10. The molecule has 0 aromatic carbocycles. The van der Waals surface area contributed by atoms with Crippen molar-refractivity contribution in [2.45, 2.75) is 78.3 Å². The van der Waals surface area contributed by atoms with Crippen LogP contribution in [0.5, 0.6) is 0 Å². The molecule has 2 unspecified atom stereocenters. The van der Waals surface area contributed by atoms with E-state index in [9.17, 15) is 4.79 Å². The number of aryl methyl sites for hydroxylation is 1. The number of carbonyl (C=O) groups is 1. The van der Waals surface area contributed by atoms with Crippen LogP contribution in [0.25, 0.3) is 0 Å². The highest BCUT2D eigenvalue weighted by Crippen LogP contribution is 2.25. The van der Waals surface area contributed by atoms with E-state index in [0.29, 0.717) is 5.69 Å². The molecule has 5 nitrogen and oxygen atoms in total. The number of carbonyl (C=O) groups excluding carboxylic acids is 1. The molecule has 0 aliphatic rings. The summed E-state index contributed by atoms with van der Waals surface area (Å²) in [7, 11) is 2.15. The van der Waals surface area contributed by atoms with E-state index in [1.165, 1.54) is 12.8 Å². The molecule has 1 heterocycles. The monoisotopic (exact) mass is 323 g/mol. The molecule has 132 valence electrons. The van der Waals surface area contributed by atoms with Crippen molar-refractivity contribution in [3.05, 3.63) is 17.5 Å². The average molecular weight is 323 g/mol. The van der Waals surface area contributed by atoms with Gasteiger partial charge in [-0.3, -0.25) is 9.69 Å². The summed E-state index contributed by atoms with van der Waals surface area (Å²) in [5.41, 5.74) is 0.292. The zero-order valence-electron chi connectivity index (χ0n) is 15.6. The lowest BCUT2D eigenvalue weighted by Gasteiger charge is -2.44. The first kappa shape index (κ1) is 19.7. The first-order valence-corrected chi connectivity index (χ1v) is 8.86. The number of aromatic nitrogens is 1. The summed E-state index contributed by atoms with van der Waals surface area (Å²) >= 11 is 0. The van der Waals surface area contributed by atoms with Crippen LogP contribution in [0.15, 0.2) is 10.6 Å². The second-order valence-corrected chi connectivity index (χ2v) is 6.61. The molecular formula is C18H33N3O2. The van der Waals surface area contributed by atoms with Gasteiger partial charge in [0.15, 0.2) is 5.69 Å². The molecule has 1 rings (SSSR count). The highest BCUT2D eigenvalue weighted by molar-refractivity contribution is 5.92. The molecule has 0 fully saturated rings. The van der Waals surface area contributed by atoms with Crippen LogP contribution in [0.3, 0.4) is 0 Å². The number of nitrogens with one attached hydrogen (secondary N) is 1. The Bertz CT molecular complexity index is 486. The van der Waals surface area contributed by atoms with Gasteiger partial charge in [0.25, 0.3) is 5.91 Å². The maximum Gasteiger partial charge on any atom is 0.273 e. The molecular weight excluding hydrogens is 290 g/mol. The normalized spacial score (nSPS) is 15.4. The summed E-state index contributed by atoms with van der Waals surface area (Å²) in [4.78, 5) is 14.8. The molecule has 0 bridgehead atoms. The number of hydrogen-bond donors (Lipinski definition) is 1. The van der Waals surface area contributed by atoms with E-state index in [2.05, 4.69) is 50.1 Å². The number of nitrogens with zero attached hydrogens (tertiary/aromatic N) is 2. The lowest BCUT2D eigenvalue weighted by Crippen LogP contribution is -2.58. The first-order valence-electron chi connectivity index (χ1n) is 8.86. The molecule has 0 saturated carbocycles. The number of amides is 1. The van der Waals surface area contributed by atoms with Crippen LogP contribution in [0.1, 0.15) is 76.6 Å². The van der Waals surface area contributed by atoms with Gasteiger partial charge in [-0.05, 0) is 40.3 Å². The predicted octanol–water partition coefficient (Wildman–Crippen LogP) is 3.65. The minimum Gasteiger partial charge on any atom is -0.361 e. The fraction of sp³-hybridized carbons (Fsp3) is 0.778. The minimum absolute atomic E-state index is 0.0265. The Labute approximate surface area is 140 Å². The molecule has 1 amide bonds. The van der Waals surface area contributed by atoms with Gasteiger partial charge in [-0.15, -0.1) is 0 Å². The van der Waals surface area contributed by atoms with Gasteiger partial charge in [0, 0.05) is 24.1 Å². The molecule has 1 aromatic heterocycles. The molecule has 0 saturated heterocycles. The molecule has 0 spiro atoms. The third-order valence-corrected chi connectivity index (χ3v) is 4.90. The Hall–Kier alpha value is -1.36. The van der Waals surface area contributed by atoms with Crippen LogP contribution >= 0.6 is 0 Å². The van der Waals surface area contributed by atoms with Gasteiger partial charge >= 0.3 is 0 Å². The largest absolute Gasteiger partial charge is 0.361 e. The standard InChI is InChI=1S/C18H33N3O2/c1-7-10-12-21(6)18(5,11-8-2)14(4)19-17(22)16-13-15(9-3)23-20-16/h13-14H,7-12H2,1-6H3,(H,19,22). The van der Waals surface area contributed by atoms with Crippen LogP contribution in [0.4, 0.5) is 0 Å². The van der Waals surface area contributed by atoms with Crippen molar-refractivity contribution in [1.82, 2.24) is 15.4 Å². The summed E-state index contributed by atoms with van der Waals surface area (Å²) in [5.74, 6) is 0.575. The van der Waals surface area contributed by atoms with Crippen molar-refractivity contribution in [1.29, 1.82) is 0 Å². The highest BCUT2D eigenvalue weighted by Gasteiger charge is 2.35. The van der Waals surface area contributed by atoms with E-state index >= 15 is 0 Å². The smallest absolute Gasteiger partial charge is 0.273 e. The fourth-order valence-electron chi connectivity index (χ4n) is 2.91. The molecule has 5 heteroatoms.